The van der Waals surface area contributed by atoms with Crippen LogP contribution in [-0.4, -0.2) is 4.98 Å². The van der Waals surface area contributed by atoms with Crippen LogP contribution in [0.25, 0.3) is 74.0 Å². The molecule has 0 unspecified atom stereocenters. The van der Waals surface area contributed by atoms with E-state index in [2.05, 4.69) is 132 Å². The summed E-state index contributed by atoms with van der Waals surface area (Å²) in [5.41, 5.74) is 8.35. The second kappa shape index (κ2) is 10.9. The first kappa shape index (κ1) is 27.4. The second-order valence-corrected chi connectivity index (χ2v) is 14.1. The van der Waals surface area contributed by atoms with Gasteiger partial charge >= 0.3 is 0 Å². The number of benzene rings is 7. The monoisotopic (exact) mass is 650 g/mol. The Kier molecular flexibility index (Phi) is 6.22. The average Bonchev–Trinajstić information content (AvgIpc) is 3.86. The maximum absolute atomic E-state index is 6.51. The number of para-hydroxylation sites is 1. The summed E-state index contributed by atoms with van der Waals surface area (Å²) in [6.45, 7) is 0. The van der Waals surface area contributed by atoms with Gasteiger partial charge in [-0.3, -0.25) is 0 Å². The molecule has 7 aromatic carbocycles. The fraction of sp³-hybridized carbons (Fsp3) is 0. The predicted octanol–water partition coefficient (Wildman–Crippen LogP) is 13.4. The highest BCUT2D eigenvalue weighted by atomic mass is 32.1. The Morgan fingerprint density at radius 2 is 1.10 bits per heavy atom. The minimum absolute atomic E-state index is 0.642. The Morgan fingerprint density at radius 1 is 0.479 bits per heavy atom. The molecule has 0 fully saturated rings. The van der Waals surface area contributed by atoms with Gasteiger partial charge in [0, 0.05) is 68.5 Å². The number of rotatable bonds is 5. The van der Waals surface area contributed by atoms with Gasteiger partial charge in [0.05, 0.1) is 0 Å². The molecule has 0 amide bonds. The quantitative estimate of drug-likeness (QED) is 0.186. The van der Waals surface area contributed by atoms with Crippen LogP contribution in [0.3, 0.4) is 0 Å². The Balaban J connectivity index is 1.14. The van der Waals surface area contributed by atoms with Crippen LogP contribution in [-0.2, 0) is 0 Å². The maximum atomic E-state index is 6.51. The van der Waals surface area contributed by atoms with Crippen LogP contribution >= 0.6 is 22.7 Å². The summed E-state index contributed by atoms with van der Waals surface area (Å²) in [7, 11) is 0. The van der Waals surface area contributed by atoms with E-state index in [1.807, 2.05) is 53.0 Å². The minimum atomic E-state index is 0.642. The Bertz CT molecular complexity index is 2780. The molecule has 10 rings (SSSR count). The zero-order valence-electron chi connectivity index (χ0n) is 25.6. The molecule has 0 N–H and O–H groups in total. The van der Waals surface area contributed by atoms with Gasteiger partial charge in [0.2, 0.25) is 5.89 Å². The van der Waals surface area contributed by atoms with Crippen molar-refractivity contribution in [3.63, 3.8) is 0 Å². The van der Waals surface area contributed by atoms with Crippen molar-refractivity contribution in [1.82, 2.24) is 4.98 Å². The van der Waals surface area contributed by atoms with E-state index < -0.39 is 0 Å². The van der Waals surface area contributed by atoms with Crippen LogP contribution in [0.4, 0.5) is 17.1 Å². The molecule has 0 spiro atoms. The Labute approximate surface area is 284 Å². The molecular weight excluding hydrogens is 625 g/mol. The number of aromatic nitrogens is 1. The standard InChI is InChI=1S/C43H26N2OS2/c1-3-11-28(12-4-1)43-44-36-26-34(42-40(41(36)46-43)33-16-8-10-18-38(33)48-42)27-19-21-30(22-20-27)45(29-13-5-2-6-14-29)31-23-24-39-35(25-31)32-15-7-9-17-37(32)47-39/h1-26H. The van der Waals surface area contributed by atoms with Gasteiger partial charge in [0.25, 0.3) is 0 Å². The van der Waals surface area contributed by atoms with Crippen LogP contribution in [0, 0.1) is 0 Å². The van der Waals surface area contributed by atoms with Crippen molar-refractivity contribution in [3.05, 3.63) is 158 Å². The van der Waals surface area contributed by atoms with Gasteiger partial charge in [-0.1, -0.05) is 84.9 Å². The van der Waals surface area contributed by atoms with Gasteiger partial charge < -0.3 is 9.32 Å². The summed E-state index contributed by atoms with van der Waals surface area (Å²) >= 11 is 3.66. The molecule has 5 heteroatoms. The van der Waals surface area contributed by atoms with E-state index in [-0.39, 0.29) is 0 Å². The van der Waals surface area contributed by atoms with Crippen molar-refractivity contribution < 1.29 is 4.42 Å². The first-order chi connectivity index (χ1) is 23.8. The topological polar surface area (TPSA) is 29.3 Å². The lowest BCUT2D eigenvalue weighted by molar-refractivity contribution is 0.623. The highest BCUT2D eigenvalue weighted by molar-refractivity contribution is 7.26. The largest absolute Gasteiger partial charge is 0.435 e. The van der Waals surface area contributed by atoms with Crippen molar-refractivity contribution >= 4 is 91.2 Å². The number of hydrogen-bond donors (Lipinski definition) is 0. The van der Waals surface area contributed by atoms with E-state index in [0.717, 1.165) is 50.2 Å². The van der Waals surface area contributed by atoms with Gasteiger partial charge in [0.15, 0.2) is 5.58 Å². The van der Waals surface area contributed by atoms with Crippen molar-refractivity contribution in [1.29, 1.82) is 0 Å². The number of oxazole rings is 1. The molecule has 0 atom stereocenters. The summed E-state index contributed by atoms with van der Waals surface area (Å²) < 4.78 is 11.6. The fourth-order valence-electron chi connectivity index (χ4n) is 6.86. The maximum Gasteiger partial charge on any atom is 0.227 e. The number of anilines is 3. The molecule has 3 nitrogen and oxygen atoms in total. The molecule has 10 aromatic rings. The lowest BCUT2D eigenvalue weighted by atomic mass is 10.0. The van der Waals surface area contributed by atoms with Gasteiger partial charge in [-0.2, -0.15) is 0 Å². The van der Waals surface area contributed by atoms with Crippen LogP contribution < -0.4 is 4.90 Å². The molecule has 226 valence electrons. The molecule has 48 heavy (non-hydrogen) atoms. The molecule has 0 saturated heterocycles. The van der Waals surface area contributed by atoms with Crippen LogP contribution in [0.5, 0.6) is 0 Å². The zero-order chi connectivity index (χ0) is 31.6. The Morgan fingerprint density at radius 3 is 1.90 bits per heavy atom. The first-order valence-corrected chi connectivity index (χ1v) is 17.6. The molecule has 0 aliphatic rings. The smallest absolute Gasteiger partial charge is 0.227 e. The molecule has 3 aromatic heterocycles. The van der Waals surface area contributed by atoms with E-state index in [4.69, 9.17) is 9.40 Å². The highest BCUT2D eigenvalue weighted by Gasteiger charge is 2.20. The van der Waals surface area contributed by atoms with Crippen LogP contribution in [0.15, 0.2) is 162 Å². The summed E-state index contributed by atoms with van der Waals surface area (Å²) in [5.74, 6) is 0.642. The van der Waals surface area contributed by atoms with Crippen molar-refractivity contribution in [2.45, 2.75) is 0 Å². The number of thiophene rings is 2. The number of nitrogens with zero attached hydrogens (tertiary/aromatic N) is 2. The summed E-state index contributed by atoms with van der Waals surface area (Å²) in [5, 5.41) is 4.91. The summed E-state index contributed by atoms with van der Waals surface area (Å²) in [4.78, 5) is 7.35. The van der Waals surface area contributed by atoms with Crippen molar-refractivity contribution in [2.75, 3.05) is 4.90 Å². The molecular formula is C43H26N2OS2. The third-order valence-electron chi connectivity index (χ3n) is 9.09. The third kappa shape index (κ3) is 4.36. The molecule has 0 aliphatic carbocycles. The van der Waals surface area contributed by atoms with Crippen molar-refractivity contribution in [2.24, 2.45) is 0 Å². The fourth-order valence-corrected chi connectivity index (χ4v) is 9.18. The predicted molar refractivity (Wildman–Crippen MR) is 205 cm³/mol. The average molecular weight is 651 g/mol. The molecule has 3 heterocycles. The van der Waals surface area contributed by atoms with E-state index >= 15 is 0 Å². The van der Waals surface area contributed by atoms with E-state index in [9.17, 15) is 0 Å². The number of hydrogen-bond acceptors (Lipinski definition) is 5. The summed E-state index contributed by atoms with van der Waals surface area (Å²) in [6, 6.07) is 56.0. The van der Waals surface area contributed by atoms with E-state index in [0.29, 0.717) is 5.89 Å². The molecule has 0 aliphatic heterocycles. The van der Waals surface area contributed by atoms with Gasteiger partial charge in [-0.15, -0.1) is 22.7 Å². The summed E-state index contributed by atoms with van der Waals surface area (Å²) in [6.07, 6.45) is 0. The highest BCUT2D eigenvalue weighted by Crippen LogP contribution is 2.46. The second-order valence-electron chi connectivity index (χ2n) is 12.0. The van der Waals surface area contributed by atoms with E-state index in [1.54, 1.807) is 0 Å². The Hall–Kier alpha value is -5.75. The van der Waals surface area contributed by atoms with Gasteiger partial charge in [0.1, 0.15) is 5.52 Å². The normalized spacial score (nSPS) is 11.8. The lowest BCUT2D eigenvalue weighted by Gasteiger charge is -2.26. The van der Waals surface area contributed by atoms with Gasteiger partial charge in [-0.25, -0.2) is 4.98 Å². The van der Waals surface area contributed by atoms with Crippen molar-refractivity contribution in [3.8, 4) is 22.6 Å². The van der Waals surface area contributed by atoms with Crippen LogP contribution in [0.2, 0.25) is 0 Å². The minimum Gasteiger partial charge on any atom is -0.435 e. The molecule has 0 bridgehead atoms. The molecule has 0 saturated carbocycles. The number of fused-ring (bicyclic) bond motifs is 8. The van der Waals surface area contributed by atoms with Crippen LogP contribution in [0.1, 0.15) is 0 Å². The lowest BCUT2D eigenvalue weighted by Crippen LogP contribution is -2.09. The zero-order valence-corrected chi connectivity index (χ0v) is 27.3. The first-order valence-electron chi connectivity index (χ1n) is 16.0. The third-order valence-corrected chi connectivity index (χ3v) is 11.4. The molecule has 0 radical (unpaired) electrons. The SMILES string of the molecule is c1ccc(-c2nc3cc(-c4ccc(N(c5ccccc5)c5ccc6sc7ccccc7c6c5)cc4)c4sc5ccccc5c4c3o2)cc1. The van der Waals surface area contributed by atoms with Gasteiger partial charge in [-0.05, 0) is 78.4 Å². The van der Waals surface area contributed by atoms with E-state index in [1.165, 1.54) is 35.0 Å².